The lowest BCUT2D eigenvalue weighted by atomic mass is 10.1. The average Bonchev–Trinajstić information content (AvgIpc) is 3.49. The van der Waals surface area contributed by atoms with Gasteiger partial charge in [-0.25, -0.2) is 14.4 Å². The maximum Gasteiger partial charge on any atom is 0.243 e. The molecule has 2 aromatic heterocycles. The van der Waals surface area contributed by atoms with Crippen molar-refractivity contribution < 1.29 is 13.6 Å². The Bertz CT molecular complexity index is 1250. The van der Waals surface area contributed by atoms with Crippen LogP contribution < -0.4 is 0 Å². The largest absolute Gasteiger partial charge is 0.443 e. The Morgan fingerprint density at radius 2 is 2.00 bits per heavy atom. The number of halogens is 1. The summed E-state index contributed by atoms with van der Waals surface area (Å²) in [6, 6.07) is 14.3. The quantitative estimate of drug-likeness (QED) is 0.481. The third-order valence-corrected chi connectivity index (χ3v) is 5.89. The summed E-state index contributed by atoms with van der Waals surface area (Å²) in [7, 11) is 0. The Hall–Kier alpha value is -3.48. The molecule has 5 rings (SSSR count). The van der Waals surface area contributed by atoms with Crippen molar-refractivity contribution in [2.45, 2.75) is 38.8 Å². The van der Waals surface area contributed by atoms with Crippen LogP contribution in [-0.4, -0.2) is 31.9 Å². The molecule has 31 heavy (non-hydrogen) atoms. The number of para-hydroxylation sites is 2. The zero-order valence-electron chi connectivity index (χ0n) is 17.3. The molecule has 1 aliphatic heterocycles. The number of amides is 1. The molecule has 0 aliphatic carbocycles. The third-order valence-electron chi connectivity index (χ3n) is 5.89. The summed E-state index contributed by atoms with van der Waals surface area (Å²) < 4.78 is 21.8. The van der Waals surface area contributed by atoms with Gasteiger partial charge in [-0.15, -0.1) is 0 Å². The molecule has 1 saturated heterocycles. The molecule has 4 aromatic rings. The number of fused-ring (bicyclic) bond motifs is 1. The number of benzene rings is 2. The second-order valence-electron chi connectivity index (χ2n) is 7.91. The Balaban J connectivity index is 1.34. The molecule has 1 atom stereocenters. The minimum Gasteiger partial charge on any atom is -0.443 e. The number of carbonyl (C=O) groups excluding carboxylic acids is 1. The van der Waals surface area contributed by atoms with E-state index in [1.807, 2.05) is 40.7 Å². The van der Waals surface area contributed by atoms with Gasteiger partial charge < -0.3 is 13.9 Å². The van der Waals surface area contributed by atoms with Gasteiger partial charge in [-0.3, -0.25) is 4.79 Å². The van der Waals surface area contributed by atoms with Crippen LogP contribution in [0.1, 0.15) is 41.9 Å². The summed E-state index contributed by atoms with van der Waals surface area (Å²) in [6.45, 7) is 2.81. The maximum absolute atomic E-state index is 14.0. The summed E-state index contributed by atoms with van der Waals surface area (Å²) in [5, 5.41) is 0. The van der Waals surface area contributed by atoms with Crippen molar-refractivity contribution in [2.24, 2.45) is 0 Å². The fraction of sp³-hybridized carbons (Fsp3) is 0.292. The Kier molecular flexibility index (Phi) is 5.02. The minimum atomic E-state index is -0.263. The van der Waals surface area contributed by atoms with E-state index in [-0.39, 0.29) is 24.3 Å². The standard InChI is InChI=1S/C24H23FN4O2/c1-16-27-20-9-4-5-10-21(20)29(16)15-23(30)28-12-6-11-22(28)24-26-14-18(31-24)13-17-7-2-3-8-19(17)25/h2-5,7-10,14,22H,6,11-13,15H2,1H3/t22-/m1/s1. The molecular weight excluding hydrogens is 395 g/mol. The number of aromatic nitrogens is 3. The van der Waals surface area contributed by atoms with Crippen molar-refractivity contribution in [1.29, 1.82) is 0 Å². The number of nitrogens with zero attached hydrogens (tertiary/aromatic N) is 4. The van der Waals surface area contributed by atoms with Gasteiger partial charge in [0.2, 0.25) is 11.8 Å². The number of aryl methyl sites for hydroxylation is 1. The van der Waals surface area contributed by atoms with Gasteiger partial charge in [-0.2, -0.15) is 0 Å². The predicted octanol–water partition coefficient (Wildman–Crippen LogP) is 4.43. The number of rotatable bonds is 5. The zero-order chi connectivity index (χ0) is 21.4. The first kappa shape index (κ1) is 19.5. The summed E-state index contributed by atoms with van der Waals surface area (Å²) in [4.78, 5) is 24.0. The minimum absolute atomic E-state index is 0.0163. The van der Waals surface area contributed by atoms with E-state index in [0.29, 0.717) is 30.2 Å². The highest BCUT2D eigenvalue weighted by Gasteiger charge is 2.33. The van der Waals surface area contributed by atoms with Crippen molar-refractivity contribution in [1.82, 2.24) is 19.4 Å². The molecule has 0 N–H and O–H groups in total. The molecule has 0 saturated carbocycles. The van der Waals surface area contributed by atoms with E-state index in [2.05, 4.69) is 9.97 Å². The number of hydrogen-bond acceptors (Lipinski definition) is 4. The van der Waals surface area contributed by atoms with E-state index in [0.717, 1.165) is 29.7 Å². The molecule has 1 amide bonds. The van der Waals surface area contributed by atoms with Crippen LogP contribution in [0.15, 0.2) is 59.1 Å². The highest BCUT2D eigenvalue weighted by molar-refractivity contribution is 5.81. The lowest BCUT2D eigenvalue weighted by molar-refractivity contribution is -0.133. The molecule has 2 aromatic carbocycles. The first-order chi connectivity index (χ1) is 15.1. The van der Waals surface area contributed by atoms with Gasteiger partial charge in [0.1, 0.15) is 30.0 Å². The second kappa shape index (κ2) is 7.98. The van der Waals surface area contributed by atoms with Gasteiger partial charge in [-0.05, 0) is 43.5 Å². The molecule has 0 radical (unpaired) electrons. The van der Waals surface area contributed by atoms with Crippen LogP contribution in [0.3, 0.4) is 0 Å². The molecule has 7 heteroatoms. The average molecular weight is 418 g/mol. The van der Waals surface area contributed by atoms with E-state index >= 15 is 0 Å². The van der Waals surface area contributed by atoms with Crippen molar-refractivity contribution in [2.75, 3.05) is 6.54 Å². The van der Waals surface area contributed by atoms with Crippen LogP contribution in [0.2, 0.25) is 0 Å². The normalized spacial score (nSPS) is 16.3. The number of likely N-dealkylation sites (tertiary alicyclic amines) is 1. The summed E-state index contributed by atoms with van der Waals surface area (Å²) in [5.41, 5.74) is 2.40. The van der Waals surface area contributed by atoms with Crippen LogP contribution in [0.25, 0.3) is 11.0 Å². The predicted molar refractivity (Wildman–Crippen MR) is 114 cm³/mol. The molecule has 3 heterocycles. The van der Waals surface area contributed by atoms with Gasteiger partial charge in [0.15, 0.2) is 0 Å². The third kappa shape index (κ3) is 3.71. The molecule has 0 spiro atoms. The van der Waals surface area contributed by atoms with Crippen LogP contribution in [-0.2, 0) is 17.8 Å². The lowest BCUT2D eigenvalue weighted by Gasteiger charge is -2.23. The Morgan fingerprint density at radius 1 is 1.19 bits per heavy atom. The summed E-state index contributed by atoms with van der Waals surface area (Å²) in [6.07, 6.45) is 3.66. The number of imidazole rings is 1. The van der Waals surface area contributed by atoms with Gasteiger partial charge in [-0.1, -0.05) is 30.3 Å². The number of oxazole rings is 1. The van der Waals surface area contributed by atoms with E-state index in [1.165, 1.54) is 6.07 Å². The molecule has 6 nitrogen and oxygen atoms in total. The number of carbonyl (C=O) groups is 1. The van der Waals surface area contributed by atoms with Crippen molar-refractivity contribution in [3.63, 3.8) is 0 Å². The molecular formula is C24H23FN4O2. The molecule has 1 aliphatic rings. The highest BCUT2D eigenvalue weighted by atomic mass is 19.1. The molecule has 0 bridgehead atoms. The van der Waals surface area contributed by atoms with Crippen LogP contribution in [0, 0.1) is 12.7 Å². The fourth-order valence-corrected chi connectivity index (χ4v) is 4.33. The van der Waals surface area contributed by atoms with Gasteiger partial charge >= 0.3 is 0 Å². The van der Waals surface area contributed by atoms with Gasteiger partial charge in [0.25, 0.3) is 0 Å². The Morgan fingerprint density at radius 3 is 2.87 bits per heavy atom. The van der Waals surface area contributed by atoms with Gasteiger partial charge in [0.05, 0.1) is 17.2 Å². The zero-order valence-corrected chi connectivity index (χ0v) is 17.3. The van der Waals surface area contributed by atoms with Crippen LogP contribution in [0.5, 0.6) is 0 Å². The fourth-order valence-electron chi connectivity index (χ4n) is 4.33. The van der Waals surface area contributed by atoms with Crippen LogP contribution in [0.4, 0.5) is 4.39 Å². The van der Waals surface area contributed by atoms with Crippen molar-refractivity contribution >= 4 is 16.9 Å². The summed E-state index contributed by atoms with van der Waals surface area (Å²) >= 11 is 0. The molecule has 0 unspecified atom stereocenters. The SMILES string of the molecule is Cc1nc2ccccc2n1CC(=O)N1CCC[C@@H]1c1ncc(Cc2ccccc2F)o1. The van der Waals surface area contributed by atoms with E-state index in [9.17, 15) is 9.18 Å². The molecule has 158 valence electrons. The van der Waals surface area contributed by atoms with Crippen LogP contribution >= 0.6 is 0 Å². The maximum atomic E-state index is 14.0. The van der Waals surface area contributed by atoms with E-state index < -0.39 is 0 Å². The van der Waals surface area contributed by atoms with Crippen molar-refractivity contribution in [3.05, 3.63) is 83.6 Å². The van der Waals surface area contributed by atoms with Crippen molar-refractivity contribution in [3.8, 4) is 0 Å². The topological polar surface area (TPSA) is 64.2 Å². The number of hydrogen-bond donors (Lipinski definition) is 0. The monoisotopic (exact) mass is 418 g/mol. The first-order valence-corrected chi connectivity index (χ1v) is 10.5. The Labute approximate surface area is 179 Å². The summed E-state index contributed by atoms with van der Waals surface area (Å²) in [5.74, 6) is 1.68. The van der Waals surface area contributed by atoms with E-state index in [1.54, 1.807) is 24.4 Å². The first-order valence-electron chi connectivity index (χ1n) is 10.5. The lowest BCUT2D eigenvalue weighted by Crippen LogP contribution is -2.33. The smallest absolute Gasteiger partial charge is 0.243 e. The van der Waals surface area contributed by atoms with E-state index in [4.69, 9.17) is 4.42 Å². The molecule has 1 fully saturated rings. The van der Waals surface area contributed by atoms with Gasteiger partial charge in [0, 0.05) is 13.0 Å². The second-order valence-corrected chi connectivity index (χ2v) is 7.91. The highest BCUT2D eigenvalue weighted by Crippen LogP contribution is 2.32.